The van der Waals surface area contributed by atoms with Crippen molar-refractivity contribution in [3.8, 4) is 0 Å². The lowest BCUT2D eigenvalue weighted by Gasteiger charge is -2.26. The fourth-order valence-electron chi connectivity index (χ4n) is 2.91. The minimum atomic E-state index is -3.68. The van der Waals surface area contributed by atoms with Gasteiger partial charge in [0, 0.05) is 35.9 Å². The number of thiophene rings is 1. The molecule has 4 rings (SSSR count). The van der Waals surface area contributed by atoms with Gasteiger partial charge in [0.25, 0.3) is 5.91 Å². The molecule has 0 radical (unpaired) electrons. The molecule has 0 saturated heterocycles. The average Bonchev–Trinajstić information content (AvgIpc) is 3.17. The standard InChI is InChI=1S/C18H16N4O3S2/c23-17(21-18-19-7-2-8-20-18)13-3-1-4-15(11-13)27(24,25)22-9-5-16-14(12-22)6-10-26-16/h1-4,6-8,10-11H,5,9,12H2,(H,19,20,21,23). The summed E-state index contributed by atoms with van der Waals surface area (Å²) in [6.07, 6.45) is 3.73. The van der Waals surface area contributed by atoms with E-state index in [0.717, 1.165) is 5.56 Å². The third kappa shape index (κ3) is 3.61. The van der Waals surface area contributed by atoms with Crippen LogP contribution in [0.2, 0.25) is 0 Å². The summed E-state index contributed by atoms with van der Waals surface area (Å²) in [5.74, 6) is -0.297. The molecule has 0 atom stereocenters. The molecule has 138 valence electrons. The van der Waals surface area contributed by atoms with Gasteiger partial charge in [0.15, 0.2) is 0 Å². The Morgan fingerprint density at radius 2 is 1.96 bits per heavy atom. The second-order valence-electron chi connectivity index (χ2n) is 6.01. The van der Waals surface area contributed by atoms with E-state index in [9.17, 15) is 13.2 Å². The first-order valence-electron chi connectivity index (χ1n) is 8.28. The number of fused-ring (bicyclic) bond motifs is 1. The molecule has 0 fully saturated rings. The maximum absolute atomic E-state index is 13.0. The lowest BCUT2D eigenvalue weighted by atomic mass is 10.1. The number of sulfonamides is 1. The first-order valence-corrected chi connectivity index (χ1v) is 10.6. The van der Waals surface area contributed by atoms with Crippen molar-refractivity contribution in [3.63, 3.8) is 0 Å². The van der Waals surface area contributed by atoms with E-state index < -0.39 is 15.9 Å². The van der Waals surface area contributed by atoms with Gasteiger partial charge in [-0.15, -0.1) is 11.3 Å². The highest BCUT2D eigenvalue weighted by atomic mass is 32.2. The molecular weight excluding hydrogens is 384 g/mol. The number of anilines is 1. The summed E-state index contributed by atoms with van der Waals surface area (Å²) in [7, 11) is -3.68. The normalized spacial score (nSPS) is 14.5. The van der Waals surface area contributed by atoms with E-state index in [2.05, 4.69) is 15.3 Å². The summed E-state index contributed by atoms with van der Waals surface area (Å²) in [5, 5.41) is 4.54. The first kappa shape index (κ1) is 17.8. The third-order valence-corrected chi connectivity index (χ3v) is 7.16. The molecule has 7 nitrogen and oxygen atoms in total. The molecule has 1 N–H and O–H groups in total. The molecule has 9 heteroatoms. The Bertz CT molecular complexity index is 1080. The Morgan fingerprint density at radius 3 is 2.78 bits per heavy atom. The number of benzene rings is 1. The van der Waals surface area contributed by atoms with Crippen molar-refractivity contribution >= 4 is 33.2 Å². The molecule has 0 unspecified atom stereocenters. The SMILES string of the molecule is O=C(Nc1ncccn1)c1cccc(S(=O)(=O)N2CCc3sccc3C2)c1. The number of hydrogen-bond donors (Lipinski definition) is 1. The van der Waals surface area contributed by atoms with Crippen molar-refractivity contribution in [2.75, 3.05) is 11.9 Å². The average molecular weight is 400 g/mol. The van der Waals surface area contributed by atoms with Crippen LogP contribution >= 0.6 is 11.3 Å². The number of amides is 1. The topological polar surface area (TPSA) is 92.3 Å². The van der Waals surface area contributed by atoms with Crippen LogP contribution in [0.5, 0.6) is 0 Å². The van der Waals surface area contributed by atoms with Crippen LogP contribution in [0.3, 0.4) is 0 Å². The Labute approximate surface area is 160 Å². The molecule has 0 spiro atoms. The minimum Gasteiger partial charge on any atom is -0.290 e. The Balaban J connectivity index is 1.57. The molecule has 1 aliphatic heterocycles. The lowest BCUT2D eigenvalue weighted by molar-refractivity contribution is 0.102. The van der Waals surface area contributed by atoms with E-state index in [1.807, 2.05) is 11.4 Å². The molecule has 0 bridgehead atoms. The van der Waals surface area contributed by atoms with Crippen molar-refractivity contribution in [3.05, 3.63) is 70.2 Å². The van der Waals surface area contributed by atoms with E-state index >= 15 is 0 Å². The monoisotopic (exact) mass is 400 g/mol. The van der Waals surface area contributed by atoms with Crippen molar-refractivity contribution in [2.45, 2.75) is 17.9 Å². The molecule has 27 heavy (non-hydrogen) atoms. The van der Waals surface area contributed by atoms with Gasteiger partial charge in [0.2, 0.25) is 16.0 Å². The van der Waals surface area contributed by atoms with Crippen LogP contribution in [0.25, 0.3) is 0 Å². The van der Waals surface area contributed by atoms with Crippen LogP contribution in [-0.4, -0.2) is 35.1 Å². The van der Waals surface area contributed by atoms with E-state index in [1.165, 1.54) is 33.7 Å². The highest BCUT2D eigenvalue weighted by Gasteiger charge is 2.29. The molecular formula is C18H16N4O3S2. The fraction of sp³-hybridized carbons (Fsp3) is 0.167. The number of hydrogen-bond acceptors (Lipinski definition) is 6. The fourth-order valence-corrected chi connectivity index (χ4v) is 5.27. The maximum atomic E-state index is 13.0. The summed E-state index contributed by atoms with van der Waals surface area (Å²) < 4.78 is 27.5. The van der Waals surface area contributed by atoms with Crippen LogP contribution in [0.15, 0.2) is 59.1 Å². The zero-order valence-electron chi connectivity index (χ0n) is 14.2. The first-order chi connectivity index (χ1) is 13.0. The van der Waals surface area contributed by atoms with Crippen LogP contribution < -0.4 is 5.32 Å². The van der Waals surface area contributed by atoms with E-state index in [0.29, 0.717) is 19.5 Å². The number of carbonyl (C=O) groups excluding carboxylic acids is 1. The van der Waals surface area contributed by atoms with Gasteiger partial charge in [0.1, 0.15) is 0 Å². The van der Waals surface area contributed by atoms with Crippen molar-refractivity contribution in [1.29, 1.82) is 0 Å². The van der Waals surface area contributed by atoms with Gasteiger partial charge in [-0.3, -0.25) is 10.1 Å². The summed E-state index contributed by atoms with van der Waals surface area (Å²) in [6, 6.07) is 9.62. The lowest BCUT2D eigenvalue weighted by Crippen LogP contribution is -2.35. The summed E-state index contributed by atoms with van der Waals surface area (Å²) >= 11 is 1.65. The van der Waals surface area contributed by atoms with Crippen LogP contribution in [0, 0.1) is 0 Å². The van der Waals surface area contributed by atoms with Gasteiger partial charge in [-0.1, -0.05) is 6.07 Å². The number of nitrogens with one attached hydrogen (secondary N) is 1. The van der Waals surface area contributed by atoms with Gasteiger partial charge < -0.3 is 0 Å². The van der Waals surface area contributed by atoms with Crippen LogP contribution in [0.1, 0.15) is 20.8 Å². The van der Waals surface area contributed by atoms with Gasteiger partial charge in [0.05, 0.1) is 4.90 Å². The second kappa shape index (κ2) is 7.18. The van der Waals surface area contributed by atoms with Gasteiger partial charge >= 0.3 is 0 Å². The van der Waals surface area contributed by atoms with Crippen molar-refractivity contribution in [2.24, 2.45) is 0 Å². The Kier molecular flexibility index (Phi) is 4.73. The van der Waals surface area contributed by atoms with Crippen molar-refractivity contribution in [1.82, 2.24) is 14.3 Å². The summed E-state index contributed by atoms with van der Waals surface area (Å²) in [4.78, 5) is 21.6. The van der Waals surface area contributed by atoms with Crippen LogP contribution in [0.4, 0.5) is 5.95 Å². The van der Waals surface area contributed by atoms with Crippen molar-refractivity contribution < 1.29 is 13.2 Å². The third-order valence-electron chi connectivity index (χ3n) is 4.30. The quantitative estimate of drug-likeness (QED) is 0.727. The number of carbonyl (C=O) groups is 1. The molecule has 1 aliphatic rings. The van der Waals surface area contributed by atoms with Gasteiger partial charge in [-0.25, -0.2) is 18.4 Å². The molecule has 1 amide bonds. The molecule has 0 aliphatic carbocycles. The zero-order chi connectivity index (χ0) is 18.9. The predicted octanol–water partition coefficient (Wildman–Crippen LogP) is 2.54. The Morgan fingerprint density at radius 1 is 1.15 bits per heavy atom. The second-order valence-corrected chi connectivity index (χ2v) is 8.95. The molecule has 2 aromatic heterocycles. The zero-order valence-corrected chi connectivity index (χ0v) is 15.8. The highest BCUT2D eigenvalue weighted by Crippen LogP contribution is 2.28. The number of aromatic nitrogens is 2. The molecule has 3 aromatic rings. The number of rotatable bonds is 4. The maximum Gasteiger partial charge on any atom is 0.258 e. The molecule has 3 heterocycles. The highest BCUT2D eigenvalue weighted by molar-refractivity contribution is 7.89. The Hall–Kier alpha value is -2.62. The summed E-state index contributed by atoms with van der Waals surface area (Å²) in [5.41, 5.74) is 1.28. The predicted molar refractivity (Wildman–Crippen MR) is 102 cm³/mol. The van der Waals surface area contributed by atoms with Crippen LogP contribution in [-0.2, 0) is 23.0 Å². The smallest absolute Gasteiger partial charge is 0.258 e. The van der Waals surface area contributed by atoms with Gasteiger partial charge in [-0.2, -0.15) is 4.31 Å². The van der Waals surface area contributed by atoms with E-state index in [-0.39, 0.29) is 16.4 Å². The molecule has 0 saturated carbocycles. The van der Waals surface area contributed by atoms with Gasteiger partial charge in [-0.05, 0) is 47.7 Å². The minimum absolute atomic E-state index is 0.0998. The van der Waals surface area contributed by atoms with E-state index in [1.54, 1.807) is 29.5 Å². The molecule has 1 aromatic carbocycles. The number of nitrogens with zero attached hydrogens (tertiary/aromatic N) is 3. The largest absolute Gasteiger partial charge is 0.290 e. The van der Waals surface area contributed by atoms with E-state index in [4.69, 9.17) is 0 Å². The summed E-state index contributed by atoms with van der Waals surface area (Å²) in [6.45, 7) is 0.791.